The molecule has 0 spiro atoms. The zero-order valence-electron chi connectivity index (χ0n) is 10.2. The monoisotopic (exact) mass is 248 g/mol. The Morgan fingerprint density at radius 2 is 1.95 bits per heavy atom. The van der Waals surface area contributed by atoms with Crippen LogP contribution >= 0.6 is 0 Å². The molecule has 19 heavy (non-hydrogen) atoms. The Labute approximate surface area is 110 Å². The Morgan fingerprint density at radius 3 is 2.68 bits per heavy atom. The Balaban J connectivity index is 2.26. The number of phenolic OH excluding ortho intramolecular Hbond substituents is 1. The van der Waals surface area contributed by atoms with Crippen molar-refractivity contribution in [3.8, 4) is 17.0 Å². The van der Waals surface area contributed by atoms with Crippen LogP contribution in [0.3, 0.4) is 0 Å². The first kappa shape index (κ1) is 11.6. The summed E-state index contributed by atoms with van der Waals surface area (Å²) in [5, 5.41) is 27.4. The first-order valence-electron chi connectivity index (χ1n) is 5.70. The Morgan fingerprint density at radius 1 is 1.11 bits per heavy atom. The number of hydrogen-bond donors (Lipinski definition) is 1. The average Bonchev–Trinajstić information content (AvgIpc) is 2.40. The lowest BCUT2D eigenvalue weighted by atomic mass is 10.0. The summed E-state index contributed by atoms with van der Waals surface area (Å²) in [7, 11) is 5.50. The molecular formula is C13H9BN4O. The molecule has 90 valence electrons. The van der Waals surface area contributed by atoms with Crippen LogP contribution in [0.2, 0.25) is 0 Å². The fraction of sp³-hybridized carbons (Fsp3) is 0.0769. The number of fused-ring (bicyclic) bond motifs is 1. The van der Waals surface area contributed by atoms with Crippen LogP contribution in [0, 0.1) is 6.92 Å². The first-order valence-corrected chi connectivity index (χ1v) is 5.70. The normalized spacial score (nSPS) is 10.8. The molecule has 2 heterocycles. The maximum absolute atomic E-state index is 10.1. The lowest BCUT2D eigenvalue weighted by molar-refractivity contribution is 0.478. The molecule has 5 nitrogen and oxygen atoms in total. The third-order valence-electron chi connectivity index (χ3n) is 2.92. The lowest BCUT2D eigenvalue weighted by Gasteiger charge is -2.07. The van der Waals surface area contributed by atoms with Crippen molar-refractivity contribution >= 4 is 24.2 Å². The number of benzene rings is 1. The molecule has 3 rings (SSSR count). The van der Waals surface area contributed by atoms with Gasteiger partial charge in [-0.15, -0.1) is 0 Å². The van der Waals surface area contributed by atoms with E-state index < -0.39 is 0 Å². The molecule has 1 aromatic carbocycles. The van der Waals surface area contributed by atoms with Crippen molar-refractivity contribution < 1.29 is 5.11 Å². The Kier molecular flexibility index (Phi) is 2.63. The van der Waals surface area contributed by atoms with Crippen LogP contribution in [0.25, 0.3) is 22.0 Å². The molecule has 2 aromatic heterocycles. The van der Waals surface area contributed by atoms with Crippen LogP contribution in [0.5, 0.6) is 5.75 Å². The summed E-state index contributed by atoms with van der Waals surface area (Å²) in [6, 6.07) is 6.83. The van der Waals surface area contributed by atoms with E-state index >= 15 is 0 Å². The number of nitrogens with zero attached hydrogens (tertiary/aromatic N) is 4. The molecule has 0 bridgehead atoms. The Hall–Kier alpha value is -2.50. The Bertz CT molecular complexity index is 758. The lowest BCUT2D eigenvalue weighted by Crippen LogP contribution is -2.09. The molecular weight excluding hydrogens is 239 g/mol. The fourth-order valence-corrected chi connectivity index (χ4v) is 1.95. The summed E-state index contributed by atoms with van der Waals surface area (Å²) < 4.78 is 0. The maximum Gasteiger partial charge on any atom is 0.144 e. The van der Waals surface area contributed by atoms with Crippen molar-refractivity contribution in [1.29, 1.82) is 0 Å². The number of phenols is 1. The highest BCUT2D eigenvalue weighted by molar-refractivity contribution is 6.30. The smallest absolute Gasteiger partial charge is 0.144 e. The van der Waals surface area contributed by atoms with Gasteiger partial charge in [0.1, 0.15) is 13.6 Å². The average molecular weight is 248 g/mol. The summed E-state index contributed by atoms with van der Waals surface area (Å²) in [6.45, 7) is 1.87. The fourth-order valence-electron chi connectivity index (χ4n) is 1.95. The molecule has 0 unspecified atom stereocenters. The second kappa shape index (κ2) is 4.31. The summed E-state index contributed by atoms with van der Waals surface area (Å²) in [5.41, 5.74) is 2.29. The summed E-state index contributed by atoms with van der Waals surface area (Å²) >= 11 is 0. The van der Waals surface area contributed by atoms with Crippen molar-refractivity contribution in [1.82, 2.24) is 20.4 Å². The number of rotatable bonds is 1. The highest BCUT2D eigenvalue weighted by Gasteiger charge is 2.10. The molecule has 0 atom stereocenters. The van der Waals surface area contributed by atoms with Gasteiger partial charge < -0.3 is 5.11 Å². The predicted octanol–water partition coefficient (Wildman–Crippen LogP) is 0.895. The molecule has 0 saturated heterocycles. The predicted molar refractivity (Wildman–Crippen MR) is 72.4 cm³/mol. The van der Waals surface area contributed by atoms with Crippen LogP contribution in [0.4, 0.5) is 0 Å². The van der Waals surface area contributed by atoms with Crippen molar-refractivity contribution in [2.24, 2.45) is 0 Å². The van der Waals surface area contributed by atoms with E-state index in [4.69, 9.17) is 7.85 Å². The van der Waals surface area contributed by atoms with Gasteiger partial charge in [0, 0.05) is 21.9 Å². The molecule has 3 aromatic rings. The van der Waals surface area contributed by atoms with Crippen LogP contribution in [-0.2, 0) is 0 Å². The van der Waals surface area contributed by atoms with E-state index in [1.807, 2.05) is 13.0 Å². The molecule has 2 radical (unpaired) electrons. The molecule has 0 aliphatic heterocycles. The minimum atomic E-state index is 0.124. The standard InChI is InChI=1S/C13H9BN4O/c1-7-9-5-10(11-2-3-13(14)18-17-11)12(19)4-8(9)6-15-16-7/h2-6,19H,1H3. The van der Waals surface area contributed by atoms with Crippen molar-refractivity contribution in [2.45, 2.75) is 6.92 Å². The summed E-state index contributed by atoms with van der Waals surface area (Å²) in [6.07, 6.45) is 1.61. The van der Waals surface area contributed by atoms with Crippen molar-refractivity contribution in [3.05, 3.63) is 36.2 Å². The molecule has 0 amide bonds. The van der Waals surface area contributed by atoms with Gasteiger partial charge in [-0.3, -0.25) is 0 Å². The van der Waals surface area contributed by atoms with E-state index in [1.54, 1.807) is 24.4 Å². The van der Waals surface area contributed by atoms with Gasteiger partial charge in [-0.25, -0.2) is 0 Å². The van der Waals surface area contributed by atoms with Gasteiger partial charge in [-0.1, -0.05) is 0 Å². The molecule has 1 N–H and O–H groups in total. The number of aryl methyl sites for hydroxylation is 1. The minimum absolute atomic E-state index is 0.124. The van der Waals surface area contributed by atoms with E-state index in [9.17, 15) is 5.11 Å². The zero-order chi connectivity index (χ0) is 13.4. The van der Waals surface area contributed by atoms with E-state index in [1.165, 1.54) is 0 Å². The van der Waals surface area contributed by atoms with Gasteiger partial charge in [-0.2, -0.15) is 20.4 Å². The molecule has 0 aliphatic carbocycles. The highest BCUT2D eigenvalue weighted by Crippen LogP contribution is 2.32. The summed E-state index contributed by atoms with van der Waals surface area (Å²) in [5.74, 6) is 0.124. The van der Waals surface area contributed by atoms with Crippen molar-refractivity contribution in [2.75, 3.05) is 0 Å². The van der Waals surface area contributed by atoms with E-state index in [0.717, 1.165) is 16.5 Å². The minimum Gasteiger partial charge on any atom is -0.507 e. The van der Waals surface area contributed by atoms with Crippen LogP contribution < -0.4 is 5.59 Å². The van der Waals surface area contributed by atoms with Gasteiger partial charge in [0.15, 0.2) is 0 Å². The van der Waals surface area contributed by atoms with Crippen LogP contribution in [0.1, 0.15) is 5.69 Å². The maximum atomic E-state index is 10.1. The van der Waals surface area contributed by atoms with Gasteiger partial charge in [-0.05, 0) is 31.2 Å². The molecule has 6 heteroatoms. The largest absolute Gasteiger partial charge is 0.507 e. The summed E-state index contributed by atoms with van der Waals surface area (Å²) in [4.78, 5) is 0. The third kappa shape index (κ3) is 2.01. The van der Waals surface area contributed by atoms with E-state index in [2.05, 4.69) is 20.4 Å². The molecule has 0 saturated carbocycles. The van der Waals surface area contributed by atoms with Gasteiger partial charge in [0.05, 0.1) is 17.6 Å². The molecule has 0 aliphatic rings. The van der Waals surface area contributed by atoms with Gasteiger partial charge in [0.25, 0.3) is 0 Å². The second-order valence-electron chi connectivity index (χ2n) is 4.23. The highest BCUT2D eigenvalue weighted by atomic mass is 16.3. The van der Waals surface area contributed by atoms with E-state index in [-0.39, 0.29) is 5.75 Å². The second-order valence-corrected chi connectivity index (χ2v) is 4.23. The number of aromatic hydroxyl groups is 1. The zero-order valence-corrected chi connectivity index (χ0v) is 10.2. The van der Waals surface area contributed by atoms with Crippen LogP contribution in [0.15, 0.2) is 30.5 Å². The van der Waals surface area contributed by atoms with Crippen LogP contribution in [-0.4, -0.2) is 33.3 Å². The number of aromatic nitrogens is 4. The quantitative estimate of drug-likeness (QED) is 0.647. The topological polar surface area (TPSA) is 71.8 Å². The number of hydrogen-bond acceptors (Lipinski definition) is 5. The third-order valence-corrected chi connectivity index (χ3v) is 2.92. The first-order chi connectivity index (χ1) is 9.15. The van der Waals surface area contributed by atoms with Gasteiger partial charge >= 0.3 is 0 Å². The van der Waals surface area contributed by atoms with Gasteiger partial charge in [0.2, 0.25) is 0 Å². The SMILES string of the molecule is [B]c1ccc(-c2cc3c(C)nncc3cc2O)nn1. The van der Waals surface area contributed by atoms with Crippen molar-refractivity contribution in [3.63, 3.8) is 0 Å². The molecule has 0 fully saturated rings. The van der Waals surface area contributed by atoms with E-state index in [0.29, 0.717) is 16.9 Å².